The summed E-state index contributed by atoms with van der Waals surface area (Å²) < 4.78 is 40.2. The number of thiophene rings is 1. The van der Waals surface area contributed by atoms with Gasteiger partial charge >= 0.3 is 0 Å². The molecule has 20 heavy (non-hydrogen) atoms. The van der Waals surface area contributed by atoms with Crippen LogP contribution in [0.1, 0.15) is 18.4 Å². The van der Waals surface area contributed by atoms with Gasteiger partial charge in [0.05, 0.1) is 6.54 Å². The van der Waals surface area contributed by atoms with Crippen LogP contribution in [0.3, 0.4) is 0 Å². The summed E-state index contributed by atoms with van der Waals surface area (Å²) in [5.74, 6) is 0. The van der Waals surface area contributed by atoms with Gasteiger partial charge in [-0.25, -0.2) is 9.53 Å². The van der Waals surface area contributed by atoms with Crippen LogP contribution < -0.4 is 5.14 Å². The van der Waals surface area contributed by atoms with E-state index in [2.05, 4.69) is 0 Å². The van der Waals surface area contributed by atoms with Crippen molar-refractivity contribution >= 4 is 31.6 Å². The molecule has 0 radical (unpaired) electrons. The molecule has 1 saturated heterocycles. The van der Waals surface area contributed by atoms with E-state index >= 15 is 4.39 Å². The third-order valence-corrected chi connectivity index (χ3v) is 5.73. The van der Waals surface area contributed by atoms with E-state index in [4.69, 9.17) is 5.14 Å². The molecule has 1 aromatic carbocycles. The smallest absolute Gasteiger partial charge is 0.237 e. The first kappa shape index (κ1) is 13.9. The SMILES string of the molecule is NS(=O)(=O)N1CCCC(F)(c2csc3ccccc23)C1. The zero-order chi connectivity index (χ0) is 14.4. The lowest BCUT2D eigenvalue weighted by Gasteiger charge is -2.35. The van der Waals surface area contributed by atoms with Gasteiger partial charge in [-0.15, -0.1) is 11.3 Å². The number of benzene rings is 1. The number of nitrogens with two attached hydrogens (primary N) is 1. The summed E-state index contributed by atoms with van der Waals surface area (Å²) in [6, 6.07) is 7.58. The van der Waals surface area contributed by atoms with E-state index in [0.717, 1.165) is 14.4 Å². The van der Waals surface area contributed by atoms with Crippen LogP contribution in [0.15, 0.2) is 29.6 Å². The summed E-state index contributed by atoms with van der Waals surface area (Å²) in [6.45, 7) is 0.0825. The van der Waals surface area contributed by atoms with Crippen LogP contribution in [0, 0.1) is 0 Å². The maximum absolute atomic E-state index is 15.3. The van der Waals surface area contributed by atoms with Gasteiger partial charge in [0.15, 0.2) is 5.67 Å². The molecule has 4 nitrogen and oxygen atoms in total. The van der Waals surface area contributed by atoms with Crippen molar-refractivity contribution in [2.75, 3.05) is 13.1 Å². The van der Waals surface area contributed by atoms with Crippen molar-refractivity contribution in [3.05, 3.63) is 35.2 Å². The monoisotopic (exact) mass is 314 g/mol. The highest BCUT2D eigenvalue weighted by Gasteiger charge is 2.41. The van der Waals surface area contributed by atoms with Crippen LogP contribution in [0.2, 0.25) is 0 Å². The topological polar surface area (TPSA) is 63.4 Å². The molecule has 0 aliphatic carbocycles. The van der Waals surface area contributed by atoms with Crippen LogP contribution in [-0.4, -0.2) is 25.8 Å². The summed E-state index contributed by atoms with van der Waals surface area (Å²) in [6.07, 6.45) is 0.789. The first-order chi connectivity index (χ1) is 9.40. The first-order valence-electron chi connectivity index (χ1n) is 6.34. The Bertz CT molecular complexity index is 744. The Labute approximate surface area is 121 Å². The fraction of sp³-hybridized carbons (Fsp3) is 0.385. The Morgan fingerprint density at radius 3 is 2.85 bits per heavy atom. The van der Waals surface area contributed by atoms with E-state index in [-0.39, 0.29) is 13.1 Å². The molecule has 1 atom stereocenters. The Morgan fingerprint density at radius 2 is 2.10 bits per heavy atom. The van der Waals surface area contributed by atoms with Crippen molar-refractivity contribution < 1.29 is 12.8 Å². The van der Waals surface area contributed by atoms with E-state index in [1.165, 1.54) is 11.3 Å². The molecule has 1 aliphatic heterocycles. The number of halogens is 1. The van der Waals surface area contributed by atoms with Gasteiger partial charge in [0, 0.05) is 16.8 Å². The number of fused-ring (bicyclic) bond motifs is 1. The molecule has 1 fully saturated rings. The summed E-state index contributed by atoms with van der Waals surface area (Å²) in [4.78, 5) is 0. The molecule has 7 heteroatoms. The lowest BCUT2D eigenvalue weighted by molar-refractivity contribution is 0.0833. The van der Waals surface area contributed by atoms with Gasteiger partial charge < -0.3 is 0 Å². The molecule has 2 N–H and O–H groups in total. The molecule has 0 bridgehead atoms. The number of alkyl halides is 1. The van der Waals surface area contributed by atoms with Crippen molar-refractivity contribution in [2.45, 2.75) is 18.5 Å². The Balaban J connectivity index is 2.03. The minimum Gasteiger partial charge on any atom is -0.237 e. The highest BCUT2D eigenvalue weighted by molar-refractivity contribution is 7.86. The van der Waals surface area contributed by atoms with E-state index in [1.54, 1.807) is 5.38 Å². The van der Waals surface area contributed by atoms with Crippen molar-refractivity contribution in [3.8, 4) is 0 Å². The fourth-order valence-corrected chi connectivity index (χ4v) is 4.55. The Hall–Kier alpha value is -1.02. The average molecular weight is 314 g/mol. The third kappa shape index (κ3) is 2.35. The molecular formula is C13H15FN2O2S2. The Kier molecular flexibility index (Phi) is 3.32. The third-order valence-electron chi connectivity index (χ3n) is 3.73. The number of piperidine rings is 1. The molecule has 0 spiro atoms. The number of nitrogens with zero attached hydrogens (tertiary/aromatic N) is 1. The van der Waals surface area contributed by atoms with Gasteiger partial charge in [-0.05, 0) is 29.7 Å². The zero-order valence-electron chi connectivity index (χ0n) is 10.8. The maximum atomic E-state index is 15.3. The van der Waals surface area contributed by atoms with Gasteiger partial charge in [-0.1, -0.05) is 18.2 Å². The van der Waals surface area contributed by atoms with Gasteiger partial charge in [-0.2, -0.15) is 12.7 Å². The van der Waals surface area contributed by atoms with E-state index in [1.807, 2.05) is 24.3 Å². The summed E-state index contributed by atoms with van der Waals surface area (Å²) in [5, 5.41) is 7.78. The van der Waals surface area contributed by atoms with Crippen LogP contribution in [0.4, 0.5) is 4.39 Å². The molecule has 2 heterocycles. The summed E-state index contributed by atoms with van der Waals surface area (Å²) in [5.41, 5.74) is -1.09. The maximum Gasteiger partial charge on any atom is 0.277 e. The number of hydrogen-bond acceptors (Lipinski definition) is 3. The zero-order valence-corrected chi connectivity index (χ0v) is 12.4. The van der Waals surface area contributed by atoms with Gasteiger partial charge in [0.2, 0.25) is 0 Å². The second-order valence-electron chi connectivity index (χ2n) is 5.09. The Morgan fingerprint density at radius 1 is 1.35 bits per heavy atom. The predicted molar refractivity (Wildman–Crippen MR) is 78.5 cm³/mol. The van der Waals surface area contributed by atoms with Gasteiger partial charge in [0.25, 0.3) is 10.2 Å². The first-order valence-corrected chi connectivity index (χ1v) is 8.72. The summed E-state index contributed by atoms with van der Waals surface area (Å²) in [7, 11) is -3.84. The molecule has 0 amide bonds. The van der Waals surface area contributed by atoms with Crippen LogP contribution in [0.5, 0.6) is 0 Å². The molecule has 3 rings (SSSR count). The molecule has 1 unspecified atom stereocenters. The van der Waals surface area contributed by atoms with Crippen molar-refractivity contribution in [1.82, 2.24) is 4.31 Å². The minimum atomic E-state index is -3.84. The van der Waals surface area contributed by atoms with E-state index in [9.17, 15) is 8.42 Å². The van der Waals surface area contributed by atoms with Crippen LogP contribution in [-0.2, 0) is 15.9 Å². The second-order valence-corrected chi connectivity index (χ2v) is 7.55. The average Bonchev–Trinajstić information content (AvgIpc) is 2.82. The molecule has 1 aliphatic rings. The van der Waals surface area contributed by atoms with Gasteiger partial charge in [-0.3, -0.25) is 0 Å². The van der Waals surface area contributed by atoms with Crippen molar-refractivity contribution in [3.63, 3.8) is 0 Å². The molecule has 2 aromatic rings. The lowest BCUT2D eigenvalue weighted by atomic mass is 9.88. The fourth-order valence-electron chi connectivity index (χ4n) is 2.74. The second kappa shape index (κ2) is 4.77. The summed E-state index contributed by atoms with van der Waals surface area (Å²) >= 11 is 1.48. The highest BCUT2D eigenvalue weighted by atomic mass is 32.2. The normalized spacial score (nSPS) is 25.1. The quantitative estimate of drug-likeness (QED) is 0.925. The van der Waals surface area contributed by atoms with Gasteiger partial charge in [0.1, 0.15) is 0 Å². The highest BCUT2D eigenvalue weighted by Crippen LogP contribution is 2.41. The standard InChI is InChI=1S/C13H15FN2O2S2/c14-13(6-3-7-16(9-13)20(15,17)18)11-8-19-12-5-2-1-4-10(11)12/h1-2,4-5,8H,3,6-7,9H2,(H2,15,17,18). The predicted octanol–water partition coefficient (Wildman–Crippen LogP) is 2.37. The number of hydrogen-bond donors (Lipinski definition) is 1. The van der Waals surface area contributed by atoms with Crippen LogP contribution in [0.25, 0.3) is 10.1 Å². The molecule has 108 valence electrons. The van der Waals surface area contributed by atoms with Crippen molar-refractivity contribution in [1.29, 1.82) is 0 Å². The minimum absolute atomic E-state index is 0.202. The number of rotatable bonds is 2. The van der Waals surface area contributed by atoms with E-state index < -0.39 is 15.9 Å². The largest absolute Gasteiger partial charge is 0.277 e. The van der Waals surface area contributed by atoms with Crippen molar-refractivity contribution in [2.24, 2.45) is 5.14 Å². The lowest BCUT2D eigenvalue weighted by Crippen LogP contribution is -2.48. The van der Waals surface area contributed by atoms with Crippen LogP contribution >= 0.6 is 11.3 Å². The molecule has 0 saturated carbocycles. The molecular weight excluding hydrogens is 299 g/mol. The molecule has 1 aromatic heterocycles. The van der Waals surface area contributed by atoms with E-state index in [0.29, 0.717) is 18.4 Å².